The van der Waals surface area contributed by atoms with E-state index >= 15 is 0 Å². The van der Waals surface area contributed by atoms with Crippen molar-refractivity contribution in [2.45, 2.75) is 25.3 Å². The first kappa shape index (κ1) is 21.5. The largest absolute Gasteiger partial charge is 0.379 e. The maximum atomic E-state index is 12.7. The van der Waals surface area contributed by atoms with Gasteiger partial charge in [0.2, 0.25) is 5.91 Å². The van der Waals surface area contributed by atoms with Crippen LogP contribution in [-0.2, 0) is 16.1 Å². The Labute approximate surface area is 193 Å². The van der Waals surface area contributed by atoms with Crippen molar-refractivity contribution < 1.29 is 9.53 Å². The van der Waals surface area contributed by atoms with Crippen LogP contribution in [0.5, 0.6) is 0 Å². The molecule has 0 bridgehead atoms. The zero-order valence-corrected chi connectivity index (χ0v) is 19.2. The predicted molar refractivity (Wildman–Crippen MR) is 129 cm³/mol. The normalized spacial score (nSPS) is 20.4. The van der Waals surface area contributed by atoms with E-state index < -0.39 is 0 Å². The van der Waals surface area contributed by atoms with Crippen LogP contribution in [0.15, 0.2) is 48.5 Å². The monoisotopic (exact) mass is 450 g/mol. The van der Waals surface area contributed by atoms with Crippen molar-refractivity contribution in [2.75, 3.05) is 51.3 Å². The first-order valence-electron chi connectivity index (χ1n) is 11.5. The Bertz CT molecular complexity index is 1010. The predicted octanol–water partition coefficient (Wildman–Crippen LogP) is 3.95. The number of morpholine rings is 1. The molecule has 2 saturated heterocycles. The van der Waals surface area contributed by atoms with Crippen LogP contribution in [0, 0.1) is 0 Å². The van der Waals surface area contributed by atoms with Gasteiger partial charge in [-0.25, -0.2) is 4.98 Å². The molecule has 1 atom stereocenters. The standard InChI is InChI=1S/C25H30N4O2S/c30-24(26-21-9-7-19(8-10-21)16-28-12-14-31-15-13-28)18-29-11-3-4-20(17-29)25-27-22-5-1-2-6-23(22)32-25/h1-2,5-10,20H,3-4,11-18H2,(H,26,30). The molecular formula is C25H30N4O2S. The van der Waals surface area contributed by atoms with Crippen molar-refractivity contribution in [1.29, 1.82) is 0 Å². The highest BCUT2D eigenvalue weighted by Crippen LogP contribution is 2.32. The first-order valence-corrected chi connectivity index (χ1v) is 12.3. The molecule has 0 saturated carbocycles. The lowest BCUT2D eigenvalue weighted by Gasteiger charge is -2.31. The average Bonchev–Trinajstić information content (AvgIpc) is 3.26. The number of nitrogens with zero attached hydrogens (tertiary/aromatic N) is 3. The van der Waals surface area contributed by atoms with Gasteiger partial charge < -0.3 is 10.1 Å². The molecule has 0 spiro atoms. The van der Waals surface area contributed by atoms with E-state index in [-0.39, 0.29) is 5.91 Å². The number of likely N-dealkylation sites (tertiary alicyclic amines) is 1. The van der Waals surface area contributed by atoms with Gasteiger partial charge in [-0.15, -0.1) is 11.3 Å². The minimum absolute atomic E-state index is 0.0517. The molecule has 3 aromatic rings. The number of ether oxygens (including phenoxy) is 1. The number of rotatable bonds is 6. The number of carbonyl (C=O) groups excluding carboxylic acids is 1. The highest BCUT2D eigenvalue weighted by Gasteiger charge is 2.25. The third-order valence-corrected chi connectivity index (χ3v) is 7.48. The van der Waals surface area contributed by atoms with Crippen LogP contribution >= 0.6 is 11.3 Å². The van der Waals surface area contributed by atoms with Gasteiger partial charge in [-0.3, -0.25) is 14.6 Å². The molecule has 2 fully saturated rings. The molecule has 1 amide bonds. The molecule has 1 N–H and O–H groups in total. The van der Waals surface area contributed by atoms with Crippen LogP contribution in [0.1, 0.15) is 29.3 Å². The summed E-state index contributed by atoms with van der Waals surface area (Å²) in [6, 6.07) is 16.5. The highest BCUT2D eigenvalue weighted by molar-refractivity contribution is 7.18. The Kier molecular flexibility index (Phi) is 6.78. The van der Waals surface area contributed by atoms with Gasteiger partial charge in [-0.05, 0) is 49.2 Å². The smallest absolute Gasteiger partial charge is 0.238 e. The molecule has 6 nitrogen and oxygen atoms in total. The first-order chi connectivity index (χ1) is 15.7. The molecule has 2 aliphatic rings. The minimum Gasteiger partial charge on any atom is -0.379 e. The maximum absolute atomic E-state index is 12.7. The second-order valence-electron chi connectivity index (χ2n) is 8.73. The quantitative estimate of drug-likeness (QED) is 0.616. The number of nitrogens with one attached hydrogen (secondary N) is 1. The number of fused-ring (bicyclic) bond motifs is 1. The van der Waals surface area contributed by atoms with Crippen LogP contribution in [0.2, 0.25) is 0 Å². The van der Waals surface area contributed by atoms with Crippen molar-refractivity contribution in [3.05, 3.63) is 59.1 Å². The molecular weight excluding hydrogens is 420 g/mol. The zero-order valence-electron chi connectivity index (χ0n) is 18.3. The van der Waals surface area contributed by atoms with Crippen molar-refractivity contribution in [3.63, 3.8) is 0 Å². The number of thiazole rings is 1. The van der Waals surface area contributed by atoms with Gasteiger partial charge in [-0.2, -0.15) is 0 Å². The molecule has 1 aromatic heterocycles. The summed E-state index contributed by atoms with van der Waals surface area (Å²) >= 11 is 1.79. The van der Waals surface area contributed by atoms with E-state index in [9.17, 15) is 4.79 Å². The Balaban J connectivity index is 1.13. The lowest BCUT2D eigenvalue weighted by molar-refractivity contribution is -0.117. The van der Waals surface area contributed by atoms with Gasteiger partial charge in [0.05, 0.1) is 35.0 Å². The van der Waals surface area contributed by atoms with Crippen molar-refractivity contribution >= 4 is 33.1 Å². The number of piperidine rings is 1. The summed E-state index contributed by atoms with van der Waals surface area (Å²) in [5, 5.41) is 4.27. The Morgan fingerprint density at radius 1 is 1.06 bits per heavy atom. The Morgan fingerprint density at radius 3 is 2.69 bits per heavy atom. The molecule has 2 aromatic carbocycles. The number of anilines is 1. The van der Waals surface area contributed by atoms with E-state index in [0.29, 0.717) is 12.5 Å². The van der Waals surface area contributed by atoms with E-state index in [2.05, 4.69) is 45.4 Å². The average molecular weight is 451 g/mol. The maximum Gasteiger partial charge on any atom is 0.238 e. The highest BCUT2D eigenvalue weighted by atomic mass is 32.1. The van der Waals surface area contributed by atoms with Crippen LogP contribution < -0.4 is 5.32 Å². The molecule has 7 heteroatoms. The number of amides is 1. The third kappa shape index (κ3) is 5.35. The number of benzene rings is 2. The lowest BCUT2D eigenvalue weighted by atomic mass is 9.99. The topological polar surface area (TPSA) is 57.7 Å². The second kappa shape index (κ2) is 10.1. The number of carbonyl (C=O) groups is 1. The summed E-state index contributed by atoms with van der Waals surface area (Å²) in [6.45, 7) is 6.79. The van der Waals surface area contributed by atoms with E-state index in [1.165, 1.54) is 15.3 Å². The molecule has 0 radical (unpaired) electrons. The number of hydrogen-bond acceptors (Lipinski definition) is 6. The van der Waals surface area contributed by atoms with Crippen molar-refractivity contribution in [1.82, 2.24) is 14.8 Å². The SMILES string of the molecule is O=C(CN1CCCC(c2nc3ccccc3s2)C1)Nc1ccc(CN2CCOCC2)cc1. The van der Waals surface area contributed by atoms with Gasteiger partial charge in [0.25, 0.3) is 0 Å². The summed E-state index contributed by atoms with van der Waals surface area (Å²) in [7, 11) is 0. The van der Waals surface area contributed by atoms with Crippen molar-refractivity contribution in [3.8, 4) is 0 Å². The fraction of sp³-hybridized carbons (Fsp3) is 0.440. The molecule has 1 unspecified atom stereocenters. The van der Waals surface area contributed by atoms with Gasteiger partial charge in [-0.1, -0.05) is 24.3 Å². The molecule has 2 aliphatic heterocycles. The number of hydrogen-bond donors (Lipinski definition) is 1. The minimum atomic E-state index is 0.0517. The Morgan fingerprint density at radius 2 is 1.88 bits per heavy atom. The molecule has 168 valence electrons. The summed E-state index contributed by atoms with van der Waals surface area (Å²) in [4.78, 5) is 22.2. The second-order valence-corrected chi connectivity index (χ2v) is 9.79. The summed E-state index contributed by atoms with van der Waals surface area (Å²) in [5.74, 6) is 0.462. The third-order valence-electron chi connectivity index (χ3n) is 6.28. The van der Waals surface area contributed by atoms with E-state index in [1.54, 1.807) is 11.3 Å². The zero-order chi connectivity index (χ0) is 21.8. The van der Waals surface area contributed by atoms with E-state index in [0.717, 1.165) is 70.0 Å². The Hall–Kier alpha value is -2.32. The van der Waals surface area contributed by atoms with Crippen LogP contribution in [0.25, 0.3) is 10.2 Å². The molecule has 3 heterocycles. The van der Waals surface area contributed by atoms with Gasteiger partial charge >= 0.3 is 0 Å². The lowest BCUT2D eigenvalue weighted by Crippen LogP contribution is -2.39. The van der Waals surface area contributed by atoms with Crippen LogP contribution in [-0.4, -0.2) is 66.6 Å². The van der Waals surface area contributed by atoms with E-state index in [1.807, 2.05) is 18.2 Å². The van der Waals surface area contributed by atoms with Gasteiger partial charge in [0, 0.05) is 37.8 Å². The van der Waals surface area contributed by atoms with E-state index in [4.69, 9.17) is 9.72 Å². The molecule has 0 aliphatic carbocycles. The summed E-state index contributed by atoms with van der Waals surface area (Å²) in [5.41, 5.74) is 3.21. The summed E-state index contributed by atoms with van der Waals surface area (Å²) < 4.78 is 6.66. The van der Waals surface area contributed by atoms with Gasteiger partial charge in [0.1, 0.15) is 0 Å². The number of aromatic nitrogens is 1. The van der Waals surface area contributed by atoms with Crippen molar-refractivity contribution in [2.24, 2.45) is 0 Å². The molecule has 32 heavy (non-hydrogen) atoms. The molecule has 5 rings (SSSR count). The van der Waals surface area contributed by atoms with Crippen LogP contribution in [0.3, 0.4) is 0 Å². The summed E-state index contributed by atoms with van der Waals surface area (Å²) in [6.07, 6.45) is 2.24. The fourth-order valence-corrected chi connectivity index (χ4v) is 5.67. The van der Waals surface area contributed by atoms with Gasteiger partial charge in [0.15, 0.2) is 0 Å². The van der Waals surface area contributed by atoms with Crippen LogP contribution in [0.4, 0.5) is 5.69 Å². The number of para-hydroxylation sites is 1. The fourth-order valence-electron chi connectivity index (χ4n) is 4.58.